The number of nitrogens with one attached hydrogen (secondary N) is 1. The molecule has 0 radical (unpaired) electrons. The van der Waals surface area contributed by atoms with E-state index in [9.17, 15) is 14.9 Å². The Bertz CT molecular complexity index is 1070. The fourth-order valence-electron chi connectivity index (χ4n) is 3.12. The van der Waals surface area contributed by atoms with E-state index in [0.717, 1.165) is 5.56 Å². The minimum Gasteiger partial charge on any atom is -0.497 e. The predicted octanol–water partition coefficient (Wildman–Crippen LogP) is 3.73. The number of anilines is 1. The van der Waals surface area contributed by atoms with E-state index < -0.39 is 4.92 Å². The molecule has 0 spiro atoms. The van der Waals surface area contributed by atoms with Gasteiger partial charge in [0.1, 0.15) is 22.9 Å². The SMILES string of the molecule is COc1cc(NC(=O)c2ccc(Cn3nc(C)c([N+](=O)[O-])c3C)cc2)cc(OC)c1. The van der Waals surface area contributed by atoms with Crippen LogP contribution in [0.3, 0.4) is 0 Å². The summed E-state index contributed by atoms with van der Waals surface area (Å²) in [6.45, 7) is 3.65. The normalized spacial score (nSPS) is 10.5. The minimum absolute atomic E-state index is 0.0275. The summed E-state index contributed by atoms with van der Waals surface area (Å²) in [5.41, 5.74) is 2.79. The van der Waals surface area contributed by atoms with E-state index in [4.69, 9.17) is 9.47 Å². The lowest BCUT2D eigenvalue weighted by atomic mass is 10.1. The van der Waals surface area contributed by atoms with E-state index in [-0.39, 0.29) is 11.6 Å². The van der Waals surface area contributed by atoms with Crippen molar-refractivity contribution < 1.29 is 19.2 Å². The van der Waals surface area contributed by atoms with Crippen molar-refractivity contribution in [1.29, 1.82) is 0 Å². The lowest BCUT2D eigenvalue weighted by Crippen LogP contribution is -2.12. The number of aryl methyl sites for hydroxylation is 1. The van der Waals surface area contributed by atoms with Crippen molar-refractivity contribution >= 4 is 17.3 Å². The molecule has 156 valence electrons. The number of hydrogen-bond donors (Lipinski definition) is 1. The number of carbonyl (C=O) groups excluding carboxylic acids is 1. The van der Waals surface area contributed by atoms with Gasteiger partial charge < -0.3 is 14.8 Å². The first-order chi connectivity index (χ1) is 14.3. The number of carbonyl (C=O) groups is 1. The quantitative estimate of drug-likeness (QED) is 0.470. The van der Waals surface area contributed by atoms with Gasteiger partial charge in [-0.2, -0.15) is 5.10 Å². The summed E-state index contributed by atoms with van der Waals surface area (Å²) in [7, 11) is 3.08. The van der Waals surface area contributed by atoms with E-state index in [1.807, 2.05) is 0 Å². The van der Waals surface area contributed by atoms with Crippen LogP contribution < -0.4 is 14.8 Å². The van der Waals surface area contributed by atoms with E-state index in [1.165, 1.54) is 14.2 Å². The molecule has 0 bridgehead atoms. The molecule has 30 heavy (non-hydrogen) atoms. The van der Waals surface area contributed by atoms with Gasteiger partial charge in [-0.25, -0.2) is 0 Å². The van der Waals surface area contributed by atoms with E-state index in [1.54, 1.807) is 61.0 Å². The second-order valence-electron chi connectivity index (χ2n) is 6.69. The summed E-state index contributed by atoms with van der Waals surface area (Å²) >= 11 is 0. The van der Waals surface area contributed by atoms with Crippen molar-refractivity contribution in [2.75, 3.05) is 19.5 Å². The lowest BCUT2D eigenvalue weighted by molar-refractivity contribution is -0.386. The Labute approximate surface area is 173 Å². The summed E-state index contributed by atoms with van der Waals surface area (Å²) in [5, 5.41) is 18.2. The maximum Gasteiger partial charge on any atom is 0.312 e. The zero-order valence-corrected chi connectivity index (χ0v) is 17.1. The van der Waals surface area contributed by atoms with E-state index in [2.05, 4.69) is 10.4 Å². The van der Waals surface area contributed by atoms with Crippen LogP contribution in [0.5, 0.6) is 11.5 Å². The van der Waals surface area contributed by atoms with Gasteiger partial charge in [-0.3, -0.25) is 19.6 Å². The molecular formula is C21H22N4O5. The highest BCUT2D eigenvalue weighted by Gasteiger charge is 2.21. The number of ether oxygens (including phenoxy) is 2. The van der Waals surface area contributed by atoms with Crippen molar-refractivity contribution in [3.05, 3.63) is 75.1 Å². The third-order valence-corrected chi connectivity index (χ3v) is 4.68. The van der Waals surface area contributed by atoms with Crippen molar-refractivity contribution in [2.45, 2.75) is 20.4 Å². The fraction of sp³-hybridized carbons (Fsp3) is 0.238. The molecule has 1 amide bonds. The molecule has 9 heteroatoms. The second kappa shape index (κ2) is 8.64. The lowest BCUT2D eigenvalue weighted by Gasteiger charge is -2.10. The van der Waals surface area contributed by atoms with E-state index >= 15 is 0 Å². The van der Waals surface area contributed by atoms with Gasteiger partial charge in [-0.1, -0.05) is 12.1 Å². The third-order valence-electron chi connectivity index (χ3n) is 4.68. The number of amides is 1. The van der Waals surface area contributed by atoms with Crippen molar-refractivity contribution in [1.82, 2.24) is 9.78 Å². The van der Waals surface area contributed by atoms with Gasteiger partial charge in [0.05, 0.1) is 25.7 Å². The van der Waals surface area contributed by atoms with Gasteiger partial charge in [-0.15, -0.1) is 0 Å². The van der Waals surface area contributed by atoms with Crippen LogP contribution in [-0.4, -0.2) is 34.8 Å². The minimum atomic E-state index is -0.421. The Morgan fingerprint density at radius 3 is 2.20 bits per heavy atom. The number of nitrogens with zero attached hydrogens (tertiary/aromatic N) is 3. The molecule has 9 nitrogen and oxygen atoms in total. The highest BCUT2D eigenvalue weighted by Crippen LogP contribution is 2.26. The summed E-state index contributed by atoms with van der Waals surface area (Å²) in [5.74, 6) is 0.858. The van der Waals surface area contributed by atoms with Gasteiger partial charge in [0, 0.05) is 29.4 Å². The van der Waals surface area contributed by atoms with Crippen LogP contribution in [0.4, 0.5) is 11.4 Å². The first kappa shape index (κ1) is 20.8. The number of benzene rings is 2. The van der Waals surface area contributed by atoms with Crippen LogP contribution >= 0.6 is 0 Å². The van der Waals surface area contributed by atoms with Crippen molar-refractivity contribution in [3.63, 3.8) is 0 Å². The average molecular weight is 410 g/mol. The number of aromatic nitrogens is 2. The van der Waals surface area contributed by atoms with Gasteiger partial charge >= 0.3 is 5.69 Å². The zero-order valence-electron chi connectivity index (χ0n) is 17.1. The second-order valence-corrected chi connectivity index (χ2v) is 6.69. The van der Waals surface area contributed by atoms with Crippen molar-refractivity contribution in [3.8, 4) is 11.5 Å². The Balaban J connectivity index is 1.74. The summed E-state index contributed by atoms with van der Waals surface area (Å²) in [6.07, 6.45) is 0. The molecule has 0 unspecified atom stereocenters. The number of rotatable bonds is 7. The topological polar surface area (TPSA) is 109 Å². The molecule has 0 aliphatic heterocycles. The molecule has 0 saturated heterocycles. The maximum atomic E-state index is 12.6. The molecule has 2 aromatic carbocycles. The zero-order chi connectivity index (χ0) is 21.8. The summed E-state index contributed by atoms with van der Waals surface area (Å²) in [4.78, 5) is 23.3. The summed E-state index contributed by atoms with van der Waals surface area (Å²) < 4.78 is 12.0. The smallest absolute Gasteiger partial charge is 0.312 e. The maximum absolute atomic E-state index is 12.6. The van der Waals surface area contributed by atoms with Crippen LogP contribution in [0.25, 0.3) is 0 Å². The Morgan fingerprint density at radius 2 is 1.70 bits per heavy atom. The average Bonchev–Trinajstić information content (AvgIpc) is 3.01. The van der Waals surface area contributed by atoms with Gasteiger partial charge in [0.25, 0.3) is 5.91 Å². The molecule has 0 aliphatic carbocycles. The van der Waals surface area contributed by atoms with Crippen LogP contribution in [0.2, 0.25) is 0 Å². The molecule has 3 rings (SSSR count). The first-order valence-corrected chi connectivity index (χ1v) is 9.14. The van der Waals surface area contributed by atoms with Gasteiger partial charge in [-0.05, 0) is 31.5 Å². The molecule has 1 N–H and O–H groups in total. The fourth-order valence-corrected chi connectivity index (χ4v) is 3.12. The first-order valence-electron chi connectivity index (χ1n) is 9.14. The van der Waals surface area contributed by atoms with E-state index in [0.29, 0.717) is 40.7 Å². The highest BCUT2D eigenvalue weighted by atomic mass is 16.6. The predicted molar refractivity (Wildman–Crippen MR) is 111 cm³/mol. The number of hydrogen-bond acceptors (Lipinski definition) is 6. The summed E-state index contributed by atoms with van der Waals surface area (Å²) in [6, 6.07) is 12.1. The Kier molecular flexibility index (Phi) is 6.01. The third kappa shape index (κ3) is 4.40. The van der Waals surface area contributed by atoms with Crippen LogP contribution in [0.1, 0.15) is 27.3 Å². The Morgan fingerprint density at radius 1 is 1.10 bits per heavy atom. The van der Waals surface area contributed by atoms with Gasteiger partial charge in [0.2, 0.25) is 0 Å². The van der Waals surface area contributed by atoms with Gasteiger partial charge in [0.15, 0.2) is 0 Å². The molecule has 3 aromatic rings. The van der Waals surface area contributed by atoms with Crippen LogP contribution in [0.15, 0.2) is 42.5 Å². The largest absolute Gasteiger partial charge is 0.497 e. The molecule has 0 atom stereocenters. The van der Waals surface area contributed by atoms with Crippen LogP contribution in [-0.2, 0) is 6.54 Å². The molecule has 1 heterocycles. The molecule has 0 fully saturated rings. The molecule has 1 aromatic heterocycles. The highest BCUT2D eigenvalue weighted by molar-refractivity contribution is 6.04. The number of methoxy groups -OCH3 is 2. The molecular weight excluding hydrogens is 388 g/mol. The molecule has 0 aliphatic rings. The molecule has 0 saturated carbocycles. The monoisotopic (exact) mass is 410 g/mol. The Hall–Kier alpha value is -3.88. The standard InChI is InChI=1S/C21H22N4O5/c1-13-20(25(27)28)14(2)24(23-13)12-15-5-7-16(8-6-15)21(26)22-17-9-18(29-3)11-19(10-17)30-4/h5-11H,12H2,1-4H3,(H,22,26). The van der Waals surface area contributed by atoms with Crippen LogP contribution in [0, 0.1) is 24.0 Å². The van der Waals surface area contributed by atoms with Crippen molar-refractivity contribution in [2.24, 2.45) is 0 Å². The number of nitro groups is 1.